The number of rotatable bonds is 0. The number of hydrogen-bond donors (Lipinski definition) is 2. The molecular formula is C13H14N4O2S. The van der Waals surface area contributed by atoms with Crippen LogP contribution in [0.4, 0.5) is 0 Å². The summed E-state index contributed by atoms with van der Waals surface area (Å²) in [4.78, 5) is 25.2. The van der Waals surface area contributed by atoms with Gasteiger partial charge in [0.25, 0.3) is 0 Å². The predicted octanol–water partition coefficient (Wildman–Crippen LogP) is 0.387. The van der Waals surface area contributed by atoms with Crippen LogP contribution in [0.1, 0.15) is 19.8 Å². The molecule has 7 heteroatoms. The number of thiocarbonyl (C=S) groups is 1. The maximum absolute atomic E-state index is 12.0. The highest BCUT2D eigenvalue weighted by Crippen LogP contribution is 2.46. The van der Waals surface area contributed by atoms with Crippen molar-refractivity contribution in [2.45, 2.75) is 19.8 Å². The molecular weight excluding hydrogens is 276 g/mol. The van der Waals surface area contributed by atoms with Crippen LogP contribution in [0.3, 0.4) is 0 Å². The molecule has 2 aliphatic heterocycles. The van der Waals surface area contributed by atoms with Gasteiger partial charge in [0.2, 0.25) is 11.8 Å². The van der Waals surface area contributed by atoms with Gasteiger partial charge in [0.05, 0.1) is 11.6 Å². The predicted molar refractivity (Wildman–Crippen MR) is 75.0 cm³/mol. The lowest BCUT2D eigenvalue weighted by Gasteiger charge is -2.46. The highest BCUT2D eigenvalue weighted by Gasteiger charge is 2.53. The van der Waals surface area contributed by atoms with Crippen molar-refractivity contribution >= 4 is 34.9 Å². The molecule has 2 N–H and O–H groups in total. The molecule has 2 rings (SSSR count). The molecule has 0 radical (unpaired) electrons. The molecule has 2 saturated heterocycles. The monoisotopic (exact) mass is 290 g/mol. The fourth-order valence-electron chi connectivity index (χ4n) is 2.99. The number of hydrogen-bond acceptors (Lipinski definition) is 5. The van der Waals surface area contributed by atoms with E-state index >= 15 is 0 Å². The van der Waals surface area contributed by atoms with Crippen LogP contribution >= 0.6 is 12.2 Å². The standard InChI is InChI=1S/C13H14N4O2S/c1-8(18)17-4-2-13(3-5-17)9(6-14)11(19)16-12(20)10(13)7-15/h9,15H,2-5H2,1H3,(H,16,19,20). The molecule has 2 fully saturated rings. The zero-order valence-electron chi connectivity index (χ0n) is 11.0. The number of piperidine rings is 2. The van der Waals surface area contributed by atoms with Crippen LogP contribution in [-0.4, -0.2) is 40.7 Å². The van der Waals surface area contributed by atoms with Crippen molar-refractivity contribution in [1.82, 2.24) is 10.2 Å². The number of nitrogens with one attached hydrogen (secondary N) is 2. The summed E-state index contributed by atoms with van der Waals surface area (Å²) in [6, 6.07) is 2.02. The van der Waals surface area contributed by atoms with Gasteiger partial charge in [0.1, 0.15) is 10.9 Å². The van der Waals surface area contributed by atoms with Crippen LogP contribution in [0, 0.1) is 28.1 Å². The average Bonchev–Trinajstić information content (AvgIpc) is 2.39. The minimum atomic E-state index is -0.892. The van der Waals surface area contributed by atoms with Gasteiger partial charge in [-0.1, -0.05) is 12.2 Å². The molecule has 104 valence electrons. The van der Waals surface area contributed by atoms with Gasteiger partial charge in [-0.25, -0.2) is 0 Å². The Morgan fingerprint density at radius 3 is 2.60 bits per heavy atom. The normalized spacial score (nSPS) is 24.9. The molecule has 0 aliphatic carbocycles. The van der Waals surface area contributed by atoms with Crippen LogP contribution in [0.2, 0.25) is 0 Å². The minimum absolute atomic E-state index is 0.0309. The SMILES string of the molecule is CC(=O)N1CCC2(CC1)C(=C=N)C(=S)NC(=O)C2C#N. The van der Waals surface area contributed by atoms with E-state index in [-0.39, 0.29) is 10.9 Å². The molecule has 0 saturated carbocycles. The summed E-state index contributed by atoms with van der Waals surface area (Å²) >= 11 is 5.10. The van der Waals surface area contributed by atoms with E-state index in [1.165, 1.54) is 6.92 Å². The molecule has 2 amide bonds. The number of likely N-dealkylation sites (tertiary alicyclic amines) is 1. The van der Waals surface area contributed by atoms with E-state index < -0.39 is 17.2 Å². The van der Waals surface area contributed by atoms with Crippen LogP contribution in [0.5, 0.6) is 0 Å². The number of carbonyl (C=O) groups excluding carboxylic acids is 2. The van der Waals surface area contributed by atoms with Crippen molar-refractivity contribution in [3.8, 4) is 6.07 Å². The Hall–Kier alpha value is -2.03. The second-order valence-corrected chi connectivity index (χ2v) is 5.45. The molecule has 6 nitrogen and oxygen atoms in total. The second-order valence-electron chi connectivity index (χ2n) is 5.04. The van der Waals surface area contributed by atoms with Gasteiger partial charge in [-0.15, -0.1) is 0 Å². The lowest BCUT2D eigenvalue weighted by molar-refractivity contribution is -0.132. The first-order chi connectivity index (χ1) is 9.46. The lowest BCUT2D eigenvalue weighted by atomic mass is 9.62. The first-order valence-corrected chi connectivity index (χ1v) is 6.67. The second kappa shape index (κ2) is 5.16. The summed E-state index contributed by atoms with van der Waals surface area (Å²) in [5, 5.41) is 19.2. The van der Waals surface area contributed by atoms with Gasteiger partial charge in [-0.3, -0.25) is 15.0 Å². The van der Waals surface area contributed by atoms with E-state index in [2.05, 4.69) is 11.2 Å². The third kappa shape index (κ3) is 2.03. The van der Waals surface area contributed by atoms with Gasteiger partial charge < -0.3 is 10.2 Å². The Balaban J connectivity index is 2.41. The molecule has 0 aromatic heterocycles. The van der Waals surface area contributed by atoms with Gasteiger partial charge >= 0.3 is 0 Å². The molecule has 2 heterocycles. The molecule has 1 spiro atoms. The van der Waals surface area contributed by atoms with Crippen LogP contribution < -0.4 is 5.32 Å². The first kappa shape index (κ1) is 14.4. The van der Waals surface area contributed by atoms with Gasteiger partial charge in [0.15, 0.2) is 0 Å². The van der Waals surface area contributed by atoms with E-state index in [0.29, 0.717) is 31.5 Å². The largest absolute Gasteiger partial charge is 0.343 e. The summed E-state index contributed by atoms with van der Waals surface area (Å²) in [6.07, 6.45) is 0.888. The highest BCUT2D eigenvalue weighted by atomic mass is 32.1. The maximum atomic E-state index is 12.0. The van der Waals surface area contributed by atoms with E-state index in [0.717, 1.165) is 0 Å². The van der Waals surface area contributed by atoms with Crippen LogP contribution in [0.15, 0.2) is 5.57 Å². The van der Waals surface area contributed by atoms with Crippen molar-refractivity contribution in [3.05, 3.63) is 5.57 Å². The molecule has 1 unspecified atom stereocenters. The highest BCUT2D eigenvalue weighted by molar-refractivity contribution is 7.80. The summed E-state index contributed by atoms with van der Waals surface area (Å²) < 4.78 is 0. The Labute approximate surface area is 121 Å². The zero-order chi connectivity index (χ0) is 14.9. The van der Waals surface area contributed by atoms with E-state index in [9.17, 15) is 14.9 Å². The van der Waals surface area contributed by atoms with Crippen molar-refractivity contribution in [2.75, 3.05) is 13.1 Å². The third-order valence-electron chi connectivity index (χ3n) is 4.13. The van der Waals surface area contributed by atoms with E-state index in [4.69, 9.17) is 17.6 Å². The summed E-state index contributed by atoms with van der Waals surface area (Å²) in [5.41, 5.74) is -0.385. The summed E-state index contributed by atoms with van der Waals surface area (Å²) in [7, 11) is 0. The number of nitrogens with zero attached hydrogens (tertiary/aromatic N) is 2. The Morgan fingerprint density at radius 1 is 1.55 bits per heavy atom. The third-order valence-corrected chi connectivity index (χ3v) is 4.44. The van der Waals surface area contributed by atoms with Crippen molar-refractivity contribution in [2.24, 2.45) is 11.3 Å². The van der Waals surface area contributed by atoms with Crippen molar-refractivity contribution in [1.29, 1.82) is 10.7 Å². The van der Waals surface area contributed by atoms with Crippen molar-refractivity contribution in [3.63, 3.8) is 0 Å². The quantitative estimate of drug-likeness (QED) is 0.383. The molecule has 20 heavy (non-hydrogen) atoms. The Morgan fingerprint density at radius 2 is 2.15 bits per heavy atom. The van der Waals surface area contributed by atoms with Crippen LogP contribution in [-0.2, 0) is 9.59 Å². The summed E-state index contributed by atoms with van der Waals surface area (Å²) in [6.45, 7) is 2.40. The summed E-state index contributed by atoms with van der Waals surface area (Å²) in [5.74, 6) is 0.953. The maximum Gasteiger partial charge on any atom is 0.243 e. The molecule has 0 aromatic rings. The molecule has 2 aliphatic rings. The molecule has 1 atom stereocenters. The smallest absolute Gasteiger partial charge is 0.243 e. The average molecular weight is 290 g/mol. The fourth-order valence-corrected chi connectivity index (χ4v) is 3.35. The molecule has 0 aromatic carbocycles. The number of amides is 2. The van der Waals surface area contributed by atoms with E-state index in [1.807, 2.05) is 6.07 Å². The van der Waals surface area contributed by atoms with E-state index in [1.54, 1.807) is 4.90 Å². The van der Waals surface area contributed by atoms with Gasteiger partial charge in [0, 0.05) is 25.4 Å². The van der Waals surface area contributed by atoms with Gasteiger partial charge in [-0.05, 0) is 18.7 Å². The zero-order valence-corrected chi connectivity index (χ0v) is 11.8. The Kier molecular flexibility index (Phi) is 3.71. The lowest BCUT2D eigenvalue weighted by Crippen LogP contribution is -2.57. The Bertz CT molecular complexity index is 578. The van der Waals surface area contributed by atoms with Crippen molar-refractivity contribution < 1.29 is 9.59 Å². The number of carbonyl (C=O) groups is 2. The topological polar surface area (TPSA) is 97.1 Å². The fraction of sp³-hybridized carbons (Fsp3) is 0.538. The van der Waals surface area contributed by atoms with Crippen LogP contribution in [0.25, 0.3) is 0 Å². The molecule has 0 bridgehead atoms. The first-order valence-electron chi connectivity index (χ1n) is 6.27. The number of nitriles is 1. The minimum Gasteiger partial charge on any atom is -0.343 e. The van der Waals surface area contributed by atoms with Gasteiger partial charge in [-0.2, -0.15) is 5.26 Å².